The maximum Gasteiger partial charge on any atom is 0.328 e. The van der Waals surface area contributed by atoms with Gasteiger partial charge in [0.15, 0.2) is 5.92 Å². The van der Waals surface area contributed by atoms with Crippen LogP contribution in [0, 0.1) is 17.2 Å². The van der Waals surface area contributed by atoms with Crippen molar-refractivity contribution in [2.24, 2.45) is 10.9 Å². The quantitative estimate of drug-likeness (QED) is 0.354. The van der Waals surface area contributed by atoms with Crippen LogP contribution in [0.1, 0.15) is 13.3 Å². The van der Waals surface area contributed by atoms with Crippen LogP contribution in [0.25, 0.3) is 0 Å². The molecule has 5 heteroatoms. The first-order chi connectivity index (χ1) is 7.61. The molecule has 0 heterocycles. The van der Waals surface area contributed by atoms with Crippen molar-refractivity contribution in [2.45, 2.75) is 13.3 Å². The molecule has 0 spiro atoms. The fourth-order valence-corrected chi connectivity index (χ4v) is 1.08. The molecule has 0 aromatic carbocycles. The van der Waals surface area contributed by atoms with Crippen molar-refractivity contribution in [1.82, 2.24) is 0 Å². The number of esters is 1. The van der Waals surface area contributed by atoms with Crippen molar-refractivity contribution in [3.8, 4) is 6.07 Å². The first-order valence-corrected chi connectivity index (χ1v) is 5.47. The summed E-state index contributed by atoms with van der Waals surface area (Å²) in [4.78, 5) is 16.6. The average molecular weight is 226 g/mol. The Balaban J connectivity index is 3.90. The fraction of sp³-hybridized carbons (Fsp3) is 0.727. The third-order valence-electron chi connectivity index (χ3n) is 1.90. The van der Waals surface area contributed by atoms with Crippen molar-refractivity contribution in [3.05, 3.63) is 0 Å². The number of nitrogens with one attached hydrogen (secondary N) is 1. The molecule has 5 nitrogen and oxygen atoms in total. The van der Waals surface area contributed by atoms with Gasteiger partial charge in [-0.15, -0.1) is 0 Å². The highest BCUT2D eigenvalue weighted by atomic mass is 16.5. The topological polar surface area (TPSA) is 66.9 Å². The van der Waals surface area contributed by atoms with E-state index in [2.05, 4.69) is 19.1 Å². The molecule has 16 heavy (non-hydrogen) atoms. The molecule has 0 aliphatic carbocycles. The number of ether oxygens (including phenoxy) is 1. The van der Waals surface area contributed by atoms with Crippen molar-refractivity contribution in [1.29, 1.82) is 5.26 Å². The van der Waals surface area contributed by atoms with Gasteiger partial charge in [-0.2, -0.15) is 5.26 Å². The van der Waals surface area contributed by atoms with Gasteiger partial charge in [0.05, 0.1) is 33.3 Å². The summed E-state index contributed by atoms with van der Waals surface area (Å²) in [6.07, 6.45) is 2.32. The van der Waals surface area contributed by atoms with Crippen LogP contribution in [0.4, 0.5) is 0 Å². The predicted molar refractivity (Wildman–Crippen MR) is 61.4 cm³/mol. The Bertz CT molecular complexity index is 269. The van der Waals surface area contributed by atoms with Crippen LogP contribution in [-0.4, -0.2) is 46.0 Å². The summed E-state index contributed by atoms with van der Waals surface area (Å²) in [5.41, 5.74) is 0. The molecule has 1 N–H and O–H groups in total. The summed E-state index contributed by atoms with van der Waals surface area (Å²) in [6, 6.07) is 1.86. The minimum atomic E-state index is -0.869. The van der Waals surface area contributed by atoms with Gasteiger partial charge in [-0.05, 0) is 6.92 Å². The third-order valence-corrected chi connectivity index (χ3v) is 1.90. The van der Waals surface area contributed by atoms with E-state index < -0.39 is 11.9 Å². The van der Waals surface area contributed by atoms with Gasteiger partial charge in [-0.3, -0.25) is 9.79 Å². The third kappa shape index (κ3) is 6.96. The van der Waals surface area contributed by atoms with Crippen molar-refractivity contribution >= 4 is 12.2 Å². The zero-order valence-corrected chi connectivity index (χ0v) is 10.2. The molecule has 0 aromatic heterocycles. The van der Waals surface area contributed by atoms with E-state index in [-0.39, 0.29) is 6.61 Å². The van der Waals surface area contributed by atoms with E-state index in [4.69, 9.17) is 10.00 Å². The molecule has 0 rings (SSSR count). The Morgan fingerprint density at radius 1 is 1.62 bits per heavy atom. The molecule has 0 bridgehead atoms. The molecule has 0 unspecified atom stereocenters. The average Bonchev–Trinajstić information content (AvgIpc) is 2.23. The van der Waals surface area contributed by atoms with Gasteiger partial charge in [0.1, 0.15) is 0 Å². The van der Waals surface area contributed by atoms with Crippen LogP contribution in [0.3, 0.4) is 0 Å². The molecular weight excluding hydrogens is 206 g/mol. The minimum Gasteiger partial charge on any atom is -0.465 e. The van der Waals surface area contributed by atoms with Gasteiger partial charge in [-0.25, -0.2) is 0 Å². The number of quaternary nitrogens is 1. The van der Waals surface area contributed by atoms with E-state index in [1.165, 1.54) is 11.1 Å². The van der Waals surface area contributed by atoms with E-state index in [0.29, 0.717) is 6.54 Å². The first-order valence-electron chi connectivity index (χ1n) is 5.47. The van der Waals surface area contributed by atoms with E-state index in [9.17, 15) is 4.79 Å². The van der Waals surface area contributed by atoms with Crippen LogP contribution < -0.4 is 4.90 Å². The Hall–Kier alpha value is -1.41. The van der Waals surface area contributed by atoms with Crippen LogP contribution >= 0.6 is 0 Å². The Labute approximate surface area is 96.7 Å². The highest BCUT2D eigenvalue weighted by Gasteiger charge is 2.15. The second kappa shape index (κ2) is 8.86. The normalized spacial score (nSPS) is 12.7. The van der Waals surface area contributed by atoms with Crippen LogP contribution in [0.15, 0.2) is 4.99 Å². The highest BCUT2D eigenvalue weighted by molar-refractivity contribution is 5.92. The molecule has 1 atom stereocenters. The number of hydrogen-bond acceptors (Lipinski definition) is 4. The molecule has 90 valence electrons. The zero-order valence-electron chi connectivity index (χ0n) is 10.2. The molecule has 0 amide bonds. The lowest BCUT2D eigenvalue weighted by Gasteiger charge is -2.05. The molecular formula is C11H20N3O2+. The summed E-state index contributed by atoms with van der Waals surface area (Å²) in [5.74, 6) is -1.39. The maximum atomic E-state index is 11.2. The summed E-state index contributed by atoms with van der Waals surface area (Å²) in [5, 5.41) is 8.72. The molecule has 0 saturated heterocycles. The summed E-state index contributed by atoms with van der Waals surface area (Å²) >= 11 is 0. The number of nitrogens with zero attached hydrogens (tertiary/aromatic N) is 2. The van der Waals surface area contributed by atoms with Crippen molar-refractivity contribution in [2.75, 3.05) is 33.8 Å². The lowest BCUT2D eigenvalue weighted by molar-refractivity contribution is -0.858. The van der Waals surface area contributed by atoms with E-state index in [1.807, 2.05) is 6.07 Å². The first kappa shape index (κ1) is 14.6. The number of carbonyl (C=O) groups is 1. The second-order valence-electron chi connectivity index (χ2n) is 3.72. The van der Waals surface area contributed by atoms with Gasteiger partial charge in [0.25, 0.3) is 0 Å². The highest BCUT2D eigenvalue weighted by Crippen LogP contribution is 1.95. The maximum absolute atomic E-state index is 11.2. The summed E-state index contributed by atoms with van der Waals surface area (Å²) < 4.78 is 4.73. The minimum absolute atomic E-state index is 0.287. The molecule has 0 aliphatic heterocycles. The standard InChI is InChI=1S/C11H19N3O2/c1-4-16-11(15)10(8-12)9-13-6-5-7-14(2)3/h9-10H,4-7H2,1-3H3/p+1/t10-/m1/s1. The molecule has 0 radical (unpaired) electrons. The monoisotopic (exact) mass is 226 g/mol. The van der Waals surface area contributed by atoms with Crippen LogP contribution in [0.2, 0.25) is 0 Å². The van der Waals surface area contributed by atoms with Crippen molar-refractivity contribution in [3.63, 3.8) is 0 Å². The van der Waals surface area contributed by atoms with Gasteiger partial charge < -0.3 is 9.64 Å². The van der Waals surface area contributed by atoms with E-state index in [1.54, 1.807) is 6.92 Å². The molecule has 0 aromatic rings. The lowest BCUT2D eigenvalue weighted by atomic mass is 10.2. The molecule has 0 fully saturated rings. The Morgan fingerprint density at radius 3 is 2.81 bits per heavy atom. The number of nitriles is 1. The van der Waals surface area contributed by atoms with Gasteiger partial charge in [-0.1, -0.05) is 0 Å². The van der Waals surface area contributed by atoms with Gasteiger partial charge in [0, 0.05) is 19.2 Å². The number of carbonyl (C=O) groups excluding carboxylic acids is 1. The summed E-state index contributed by atoms with van der Waals surface area (Å²) in [6.45, 7) is 3.66. The number of rotatable bonds is 7. The number of aliphatic imine (C=N–C) groups is 1. The molecule has 0 aliphatic rings. The Morgan fingerprint density at radius 2 is 2.31 bits per heavy atom. The molecule has 0 saturated carbocycles. The van der Waals surface area contributed by atoms with E-state index in [0.717, 1.165) is 13.0 Å². The zero-order chi connectivity index (χ0) is 12.4. The van der Waals surface area contributed by atoms with Crippen molar-refractivity contribution < 1.29 is 14.4 Å². The second-order valence-corrected chi connectivity index (χ2v) is 3.72. The Kier molecular flexibility index (Phi) is 8.08. The van der Waals surface area contributed by atoms with E-state index >= 15 is 0 Å². The summed E-state index contributed by atoms with van der Waals surface area (Å²) in [7, 11) is 4.14. The fourth-order valence-electron chi connectivity index (χ4n) is 1.08. The largest absolute Gasteiger partial charge is 0.465 e. The van der Waals surface area contributed by atoms with Gasteiger partial charge >= 0.3 is 5.97 Å². The predicted octanol–water partition coefficient (Wildman–Crippen LogP) is -0.705. The smallest absolute Gasteiger partial charge is 0.328 e. The SMILES string of the molecule is CCOC(=O)[C@H](C#N)C=NCCC[NH+](C)C. The lowest BCUT2D eigenvalue weighted by Crippen LogP contribution is -3.05. The number of hydrogen-bond donors (Lipinski definition) is 1. The van der Waals surface area contributed by atoms with Crippen LogP contribution in [0.5, 0.6) is 0 Å². The van der Waals surface area contributed by atoms with Crippen LogP contribution in [-0.2, 0) is 9.53 Å². The van der Waals surface area contributed by atoms with Gasteiger partial charge in [0.2, 0.25) is 0 Å².